The van der Waals surface area contributed by atoms with Gasteiger partial charge in [-0.25, -0.2) is 0 Å². The van der Waals surface area contributed by atoms with Crippen LogP contribution in [0, 0.1) is 6.92 Å². The lowest BCUT2D eigenvalue weighted by Crippen LogP contribution is -2.19. The first kappa shape index (κ1) is 8.07. The van der Waals surface area contributed by atoms with Gasteiger partial charge in [-0.3, -0.25) is 9.69 Å². The Morgan fingerprint density at radius 3 is 2.82 bits per heavy atom. The molecule has 0 spiro atoms. The van der Waals surface area contributed by atoms with E-state index in [2.05, 4.69) is 5.16 Å². The molecule has 0 saturated heterocycles. The minimum atomic E-state index is -0.585. The number of rotatable bonds is 1. The van der Waals surface area contributed by atoms with Gasteiger partial charge in [-0.05, 0) is 18.5 Å². The molecule has 0 atom stereocenters. The fraction of sp³-hybridized carbons (Fsp3) is 0.333. The molecule has 0 aliphatic heterocycles. The Balaban J connectivity index is 2.84. The molecule has 0 bridgehead atoms. The van der Waals surface area contributed by atoms with Crippen molar-refractivity contribution in [2.75, 3.05) is 11.9 Å². The monoisotopic (exact) mass is 174 g/mol. The summed E-state index contributed by atoms with van der Waals surface area (Å²) in [5.41, 5.74) is 0. The third-order valence-corrected chi connectivity index (χ3v) is 1.48. The average molecular weight is 175 g/mol. The molecule has 0 unspecified atom stereocenters. The highest BCUT2D eigenvalue weighted by Crippen LogP contribution is 2.13. The highest BCUT2D eigenvalue weighted by atomic mass is 35.5. The summed E-state index contributed by atoms with van der Waals surface area (Å²) in [6, 6.07) is 1.63. The largest absolute Gasteiger partial charge is 0.360 e. The smallest absolute Gasteiger partial charge is 0.321 e. The molecule has 4 nitrogen and oxygen atoms in total. The summed E-state index contributed by atoms with van der Waals surface area (Å²) >= 11 is 5.18. The van der Waals surface area contributed by atoms with Crippen molar-refractivity contribution in [1.82, 2.24) is 5.16 Å². The Bertz CT molecular complexity index is 271. The van der Waals surface area contributed by atoms with Crippen molar-refractivity contribution in [3.63, 3.8) is 0 Å². The van der Waals surface area contributed by atoms with Gasteiger partial charge in [-0.2, -0.15) is 0 Å². The van der Waals surface area contributed by atoms with Gasteiger partial charge in [-0.15, -0.1) is 0 Å². The molecule has 0 fully saturated rings. The number of nitrogens with zero attached hydrogens (tertiary/aromatic N) is 2. The molecule has 60 valence electrons. The Morgan fingerprint density at radius 2 is 2.45 bits per heavy atom. The van der Waals surface area contributed by atoms with Gasteiger partial charge in [-0.1, -0.05) is 5.16 Å². The van der Waals surface area contributed by atoms with Crippen LogP contribution in [0.25, 0.3) is 0 Å². The number of amides is 1. The summed E-state index contributed by atoms with van der Waals surface area (Å²) in [5, 5.41) is 3.00. The summed E-state index contributed by atoms with van der Waals surface area (Å²) in [7, 11) is 1.52. The maximum Gasteiger partial charge on any atom is 0.321 e. The van der Waals surface area contributed by atoms with E-state index in [0.717, 1.165) is 0 Å². The molecule has 0 radical (unpaired) electrons. The standard InChI is InChI=1S/C6H7ClN2O2/c1-4-3-5(8-11-4)9(2)6(7)10/h3H,1-2H3. The maximum absolute atomic E-state index is 10.6. The molecule has 0 aliphatic carbocycles. The minimum absolute atomic E-state index is 0.419. The van der Waals surface area contributed by atoms with E-state index in [-0.39, 0.29) is 0 Å². The molecule has 0 aliphatic rings. The zero-order valence-electron chi connectivity index (χ0n) is 6.17. The second-order valence-electron chi connectivity index (χ2n) is 2.11. The highest BCUT2D eigenvalue weighted by molar-refractivity contribution is 6.66. The molecule has 0 aromatic carbocycles. The third kappa shape index (κ3) is 1.71. The lowest BCUT2D eigenvalue weighted by molar-refractivity contribution is 0.264. The summed E-state index contributed by atoms with van der Waals surface area (Å²) in [6.07, 6.45) is 0. The van der Waals surface area contributed by atoms with E-state index in [1.54, 1.807) is 13.0 Å². The third-order valence-electron chi connectivity index (χ3n) is 1.22. The number of hydrogen-bond donors (Lipinski definition) is 0. The van der Waals surface area contributed by atoms with Crippen LogP contribution in [0.2, 0.25) is 0 Å². The molecule has 0 saturated carbocycles. The van der Waals surface area contributed by atoms with E-state index in [9.17, 15) is 4.79 Å². The van der Waals surface area contributed by atoms with E-state index in [1.807, 2.05) is 0 Å². The first-order valence-electron chi connectivity index (χ1n) is 2.98. The Labute approximate surface area is 68.7 Å². The highest BCUT2D eigenvalue weighted by Gasteiger charge is 2.10. The van der Waals surface area contributed by atoms with Gasteiger partial charge in [0, 0.05) is 13.1 Å². The normalized spacial score (nSPS) is 9.73. The van der Waals surface area contributed by atoms with Crippen LogP contribution in [0.5, 0.6) is 0 Å². The van der Waals surface area contributed by atoms with Crippen LogP contribution in [-0.4, -0.2) is 17.6 Å². The van der Waals surface area contributed by atoms with E-state index in [1.165, 1.54) is 11.9 Å². The molecule has 1 aromatic heterocycles. The number of carbonyl (C=O) groups excluding carboxylic acids is 1. The first-order chi connectivity index (χ1) is 5.11. The maximum atomic E-state index is 10.6. The van der Waals surface area contributed by atoms with Crippen LogP contribution in [0.1, 0.15) is 5.76 Å². The van der Waals surface area contributed by atoms with E-state index in [0.29, 0.717) is 11.6 Å². The van der Waals surface area contributed by atoms with Crippen molar-refractivity contribution >= 4 is 22.8 Å². The zero-order valence-corrected chi connectivity index (χ0v) is 6.92. The molecule has 1 amide bonds. The van der Waals surface area contributed by atoms with Crippen LogP contribution in [0.15, 0.2) is 10.6 Å². The Morgan fingerprint density at radius 1 is 1.82 bits per heavy atom. The van der Waals surface area contributed by atoms with Crippen LogP contribution in [-0.2, 0) is 0 Å². The van der Waals surface area contributed by atoms with E-state index >= 15 is 0 Å². The molecule has 1 rings (SSSR count). The van der Waals surface area contributed by atoms with Gasteiger partial charge >= 0.3 is 5.37 Å². The molecule has 1 heterocycles. The van der Waals surface area contributed by atoms with Gasteiger partial charge in [0.05, 0.1) is 0 Å². The van der Waals surface area contributed by atoms with Gasteiger partial charge < -0.3 is 4.52 Å². The summed E-state index contributed by atoms with van der Waals surface area (Å²) < 4.78 is 4.73. The van der Waals surface area contributed by atoms with Gasteiger partial charge in [0.1, 0.15) is 5.76 Å². The van der Waals surface area contributed by atoms with Crippen molar-refractivity contribution in [3.05, 3.63) is 11.8 Å². The molecule has 1 aromatic rings. The van der Waals surface area contributed by atoms with Crippen molar-refractivity contribution in [3.8, 4) is 0 Å². The van der Waals surface area contributed by atoms with E-state index in [4.69, 9.17) is 16.1 Å². The lowest BCUT2D eigenvalue weighted by Gasteiger charge is -2.06. The number of anilines is 1. The number of hydrogen-bond acceptors (Lipinski definition) is 3. The molecule has 11 heavy (non-hydrogen) atoms. The minimum Gasteiger partial charge on any atom is -0.360 e. The fourth-order valence-electron chi connectivity index (χ4n) is 0.601. The van der Waals surface area contributed by atoms with Crippen molar-refractivity contribution < 1.29 is 9.32 Å². The van der Waals surface area contributed by atoms with Crippen molar-refractivity contribution in [2.45, 2.75) is 6.92 Å². The number of aryl methyl sites for hydroxylation is 1. The zero-order chi connectivity index (χ0) is 8.43. The van der Waals surface area contributed by atoms with Crippen molar-refractivity contribution in [1.29, 1.82) is 0 Å². The Kier molecular flexibility index (Phi) is 2.14. The fourth-order valence-corrected chi connectivity index (χ4v) is 0.688. The van der Waals surface area contributed by atoms with Crippen LogP contribution in [0.3, 0.4) is 0 Å². The number of halogens is 1. The lowest BCUT2D eigenvalue weighted by atomic mass is 10.5. The molecular weight excluding hydrogens is 168 g/mol. The first-order valence-corrected chi connectivity index (χ1v) is 3.35. The molecule has 5 heteroatoms. The van der Waals surface area contributed by atoms with Crippen LogP contribution < -0.4 is 4.90 Å². The van der Waals surface area contributed by atoms with E-state index < -0.39 is 5.37 Å². The average Bonchev–Trinajstić information content (AvgIpc) is 2.34. The van der Waals surface area contributed by atoms with Crippen LogP contribution in [0.4, 0.5) is 10.6 Å². The second-order valence-corrected chi connectivity index (χ2v) is 2.43. The predicted molar refractivity (Wildman–Crippen MR) is 40.9 cm³/mol. The number of carbonyl (C=O) groups is 1. The predicted octanol–water partition coefficient (Wildman–Crippen LogP) is 1.78. The second kappa shape index (κ2) is 2.92. The molecule has 0 N–H and O–H groups in total. The number of aromatic nitrogens is 1. The van der Waals surface area contributed by atoms with Gasteiger partial charge in [0.15, 0.2) is 5.82 Å². The van der Waals surface area contributed by atoms with Gasteiger partial charge in [0.2, 0.25) is 0 Å². The topological polar surface area (TPSA) is 46.3 Å². The summed E-state index contributed by atoms with van der Waals surface area (Å²) in [4.78, 5) is 11.8. The van der Waals surface area contributed by atoms with Gasteiger partial charge in [0.25, 0.3) is 0 Å². The summed E-state index contributed by atoms with van der Waals surface area (Å²) in [6.45, 7) is 1.74. The van der Waals surface area contributed by atoms with Crippen LogP contribution >= 0.6 is 11.6 Å². The summed E-state index contributed by atoms with van der Waals surface area (Å²) in [5.74, 6) is 1.06. The SMILES string of the molecule is Cc1cc(N(C)C(=O)Cl)no1. The Hall–Kier alpha value is -1.03. The molecular formula is C6H7ClN2O2. The van der Waals surface area contributed by atoms with Crippen molar-refractivity contribution in [2.24, 2.45) is 0 Å². The quantitative estimate of drug-likeness (QED) is 0.482.